The predicted molar refractivity (Wildman–Crippen MR) is 87.4 cm³/mol. The first-order valence-corrected chi connectivity index (χ1v) is 8.83. The van der Waals surface area contributed by atoms with E-state index in [0.29, 0.717) is 29.6 Å². The van der Waals surface area contributed by atoms with Gasteiger partial charge in [-0.05, 0) is 38.0 Å². The fourth-order valence-electron chi connectivity index (χ4n) is 4.79. The zero-order valence-electron chi connectivity index (χ0n) is 14.8. The summed E-state index contributed by atoms with van der Waals surface area (Å²) in [5.41, 5.74) is 0.614. The lowest BCUT2D eigenvalue weighted by Gasteiger charge is -2.61. The summed E-state index contributed by atoms with van der Waals surface area (Å²) in [4.78, 5) is 2.84. The first-order chi connectivity index (χ1) is 9.79. The molecule has 4 unspecified atom stereocenters. The maximum Gasteiger partial charge on any atom is 0.0652 e. The average molecular weight is 294 g/mol. The van der Waals surface area contributed by atoms with Crippen molar-refractivity contribution in [1.29, 1.82) is 0 Å². The van der Waals surface area contributed by atoms with E-state index >= 15 is 0 Å². The van der Waals surface area contributed by atoms with E-state index in [-0.39, 0.29) is 5.41 Å². The minimum atomic E-state index is 0.281. The zero-order valence-corrected chi connectivity index (χ0v) is 14.8. The van der Waals surface area contributed by atoms with Crippen LogP contribution in [0.4, 0.5) is 0 Å². The number of methoxy groups -OCH3 is 1. The van der Waals surface area contributed by atoms with Crippen molar-refractivity contribution < 1.29 is 4.74 Å². The van der Waals surface area contributed by atoms with E-state index in [1.807, 2.05) is 7.11 Å². The highest BCUT2D eigenvalue weighted by Crippen LogP contribution is 2.49. The molecule has 3 fully saturated rings. The second kappa shape index (κ2) is 5.21. The summed E-state index contributed by atoms with van der Waals surface area (Å²) >= 11 is 0. The predicted octanol–water partition coefficient (Wildman–Crippen LogP) is 2.90. The highest BCUT2D eigenvalue weighted by Gasteiger charge is 2.56. The summed E-state index contributed by atoms with van der Waals surface area (Å²) in [7, 11) is 1.87. The SMILES string of the molecule is COC1CC(N2CC(C)(C3CC3)NCC2C(C)C)C1(C)C. The molecule has 0 bridgehead atoms. The number of nitrogens with zero attached hydrogens (tertiary/aromatic N) is 1. The van der Waals surface area contributed by atoms with Gasteiger partial charge in [0, 0.05) is 43.2 Å². The normalized spacial score (nSPS) is 43.9. The Morgan fingerprint density at radius 2 is 1.86 bits per heavy atom. The van der Waals surface area contributed by atoms with Crippen LogP contribution in [0.3, 0.4) is 0 Å². The van der Waals surface area contributed by atoms with E-state index in [1.54, 1.807) is 0 Å². The van der Waals surface area contributed by atoms with Crippen LogP contribution < -0.4 is 5.32 Å². The lowest BCUT2D eigenvalue weighted by molar-refractivity contribution is -0.161. The smallest absolute Gasteiger partial charge is 0.0652 e. The monoisotopic (exact) mass is 294 g/mol. The van der Waals surface area contributed by atoms with E-state index in [2.05, 4.69) is 44.8 Å². The lowest BCUT2D eigenvalue weighted by Crippen LogP contribution is -2.73. The quantitative estimate of drug-likeness (QED) is 0.863. The highest BCUT2D eigenvalue weighted by molar-refractivity contribution is 5.11. The van der Waals surface area contributed by atoms with Crippen molar-refractivity contribution in [1.82, 2.24) is 10.2 Å². The second-order valence-corrected chi connectivity index (χ2v) is 8.85. The molecule has 2 saturated carbocycles. The number of piperazine rings is 1. The molecule has 1 N–H and O–H groups in total. The second-order valence-electron chi connectivity index (χ2n) is 8.85. The molecule has 0 aromatic carbocycles. The first kappa shape index (κ1) is 15.8. The van der Waals surface area contributed by atoms with Gasteiger partial charge in [0.05, 0.1) is 6.10 Å². The summed E-state index contributed by atoms with van der Waals surface area (Å²) in [6.45, 7) is 14.3. The van der Waals surface area contributed by atoms with Crippen LogP contribution in [0.15, 0.2) is 0 Å². The fourth-order valence-corrected chi connectivity index (χ4v) is 4.79. The van der Waals surface area contributed by atoms with Gasteiger partial charge < -0.3 is 10.1 Å². The van der Waals surface area contributed by atoms with Gasteiger partial charge in [-0.15, -0.1) is 0 Å². The zero-order chi connectivity index (χ0) is 15.4. The van der Waals surface area contributed by atoms with Crippen molar-refractivity contribution in [2.75, 3.05) is 20.2 Å². The van der Waals surface area contributed by atoms with Gasteiger partial charge in [-0.2, -0.15) is 0 Å². The molecule has 0 spiro atoms. The Kier molecular flexibility index (Phi) is 3.91. The molecule has 1 saturated heterocycles. The molecule has 1 heterocycles. The third-order valence-corrected chi connectivity index (χ3v) is 6.71. The van der Waals surface area contributed by atoms with Gasteiger partial charge >= 0.3 is 0 Å². The van der Waals surface area contributed by atoms with Crippen molar-refractivity contribution >= 4 is 0 Å². The number of ether oxygens (including phenoxy) is 1. The molecule has 0 aromatic heterocycles. The van der Waals surface area contributed by atoms with Gasteiger partial charge in [-0.25, -0.2) is 0 Å². The van der Waals surface area contributed by atoms with Crippen LogP contribution >= 0.6 is 0 Å². The van der Waals surface area contributed by atoms with Crippen molar-refractivity contribution in [3.05, 3.63) is 0 Å². The molecule has 0 amide bonds. The minimum Gasteiger partial charge on any atom is -0.381 e. The summed E-state index contributed by atoms with van der Waals surface area (Å²) in [6, 6.07) is 1.34. The Morgan fingerprint density at radius 3 is 2.33 bits per heavy atom. The molecule has 21 heavy (non-hydrogen) atoms. The van der Waals surface area contributed by atoms with Crippen LogP contribution in [-0.4, -0.2) is 48.8 Å². The highest BCUT2D eigenvalue weighted by atomic mass is 16.5. The lowest BCUT2D eigenvalue weighted by atomic mass is 9.62. The molecule has 3 heteroatoms. The number of rotatable bonds is 4. The molecule has 2 aliphatic carbocycles. The van der Waals surface area contributed by atoms with Crippen LogP contribution in [0.5, 0.6) is 0 Å². The summed E-state index contributed by atoms with van der Waals surface area (Å²) in [5.74, 6) is 1.60. The Labute approximate surface area is 130 Å². The van der Waals surface area contributed by atoms with Crippen LogP contribution in [0.25, 0.3) is 0 Å². The molecular formula is C18H34N2O. The molecule has 0 aromatic rings. The van der Waals surface area contributed by atoms with Crippen molar-refractivity contribution in [2.45, 2.75) is 77.6 Å². The molecule has 3 aliphatic rings. The number of hydrogen-bond donors (Lipinski definition) is 1. The Morgan fingerprint density at radius 1 is 1.19 bits per heavy atom. The number of nitrogens with one attached hydrogen (secondary N) is 1. The molecule has 122 valence electrons. The third-order valence-electron chi connectivity index (χ3n) is 6.71. The van der Waals surface area contributed by atoms with E-state index in [1.165, 1.54) is 25.8 Å². The molecule has 3 rings (SSSR count). The van der Waals surface area contributed by atoms with Crippen LogP contribution in [0, 0.1) is 17.3 Å². The van der Waals surface area contributed by atoms with Gasteiger partial charge in [0.25, 0.3) is 0 Å². The summed E-state index contributed by atoms with van der Waals surface area (Å²) in [6.07, 6.45) is 4.46. The Balaban J connectivity index is 1.78. The largest absolute Gasteiger partial charge is 0.381 e. The molecular weight excluding hydrogens is 260 g/mol. The Hall–Kier alpha value is -0.120. The average Bonchev–Trinajstić information content (AvgIpc) is 3.22. The van der Waals surface area contributed by atoms with Gasteiger partial charge in [0.2, 0.25) is 0 Å². The summed E-state index contributed by atoms with van der Waals surface area (Å²) < 4.78 is 5.69. The first-order valence-electron chi connectivity index (χ1n) is 8.83. The molecule has 4 atom stereocenters. The third kappa shape index (κ3) is 2.55. The molecule has 0 radical (unpaired) electrons. The maximum absolute atomic E-state index is 5.69. The van der Waals surface area contributed by atoms with Crippen LogP contribution in [0.1, 0.15) is 53.9 Å². The van der Waals surface area contributed by atoms with Gasteiger partial charge in [0.1, 0.15) is 0 Å². The van der Waals surface area contributed by atoms with Crippen molar-refractivity contribution in [3.8, 4) is 0 Å². The molecule has 1 aliphatic heterocycles. The van der Waals surface area contributed by atoms with Crippen LogP contribution in [-0.2, 0) is 4.74 Å². The fraction of sp³-hybridized carbons (Fsp3) is 1.00. The number of hydrogen-bond acceptors (Lipinski definition) is 3. The topological polar surface area (TPSA) is 24.5 Å². The van der Waals surface area contributed by atoms with E-state index in [9.17, 15) is 0 Å². The summed E-state index contributed by atoms with van der Waals surface area (Å²) in [5, 5.41) is 3.90. The van der Waals surface area contributed by atoms with Gasteiger partial charge in [0.15, 0.2) is 0 Å². The van der Waals surface area contributed by atoms with E-state index in [0.717, 1.165) is 12.5 Å². The maximum atomic E-state index is 5.69. The van der Waals surface area contributed by atoms with Crippen molar-refractivity contribution in [2.24, 2.45) is 17.3 Å². The van der Waals surface area contributed by atoms with Crippen LogP contribution in [0.2, 0.25) is 0 Å². The van der Waals surface area contributed by atoms with Gasteiger partial charge in [-0.3, -0.25) is 4.90 Å². The van der Waals surface area contributed by atoms with E-state index < -0.39 is 0 Å². The molecule has 3 nitrogen and oxygen atoms in total. The van der Waals surface area contributed by atoms with Gasteiger partial charge in [-0.1, -0.05) is 27.7 Å². The van der Waals surface area contributed by atoms with Crippen molar-refractivity contribution in [3.63, 3.8) is 0 Å². The van der Waals surface area contributed by atoms with E-state index in [4.69, 9.17) is 4.74 Å². The minimum absolute atomic E-state index is 0.281. The standard InChI is InChI=1S/C18H34N2O/c1-12(2)14-10-19-18(5,13-7-8-13)11-20(14)15-9-16(21-6)17(15,3)4/h12-16,19H,7-11H2,1-6H3. The Bertz CT molecular complexity index is 391.